The fraction of sp³-hybridized carbons (Fsp3) is 0.538. The second-order valence-corrected chi connectivity index (χ2v) is 6.05. The molecule has 0 saturated heterocycles. The normalized spacial score (nSPS) is 13.2. The minimum atomic E-state index is -0.543. The van der Waals surface area contributed by atoms with Crippen molar-refractivity contribution in [1.82, 2.24) is 0 Å². The van der Waals surface area contributed by atoms with Gasteiger partial charge in [0.25, 0.3) is 5.69 Å². The Morgan fingerprint density at radius 1 is 1.47 bits per heavy atom. The van der Waals surface area contributed by atoms with Gasteiger partial charge in [0.1, 0.15) is 0 Å². The van der Waals surface area contributed by atoms with E-state index in [1.165, 1.54) is 12.1 Å². The largest absolute Gasteiger partial charge is 0.391 e. The number of hydrogen-bond acceptors (Lipinski definition) is 4. The van der Waals surface area contributed by atoms with Crippen molar-refractivity contribution < 1.29 is 10.0 Å². The number of nitrogens with one attached hydrogen (secondary N) is 1. The van der Waals surface area contributed by atoms with Crippen molar-refractivity contribution in [2.45, 2.75) is 33.8 Å². The Morgan fingerprint density at radius 2 is 2.05 bits per heavy atom. The average molecular weight is 287 g/mol. The zero-order chi connectivity index (χ0) is 14.8. The zero-order valence-corrected chi connectivity index (χ0v) is 12.3. The van der Waals surface area contributed by atoms with E-state index < -0.39 is 11.0 Å². The van der Waals surface area contributed by atoms with Crippen molar-refractivity contribution in [2.24, 2.45) is 5.41 Å². The molecule has 0 radical (unpaired) electrons. The third-order valence-electron chi connectivity index (χ3n) is 2.95. The first-order valence-corrected chi connectivity index (χ1v) is 6.37. The Balaban J connectivity index is 2.88. The van der Waals surface area contributed by atoms with Gasteiger partial charge < -0.3 is 10.4 Å². The summed E-state index contributed by atoms with van der Waals surface area (Å²) in [6.07, 6.45) is -0.543. The van der Waals surface area contributed by atoms with Crippen LogP contribution < -0.4 is 5.32 Å². The average Bonchev–Trinajstić information content (AvgIpc) is 2.25. The van der Waals surface area contributed by atoms with Crippen LogP contribution in [0.25, 0.3) is 0 Å². The van der Waals surface area contributed by atoms with Gasteiger partial charge in [0.15, 0.2) is 0 Å². The van der Waals surface area contributed by atoms with Crippen molar-refractivity contribution in [3.63, 3.8) is 0 Å². The third kappa shape index (κ3) is 4.08. The fourth-order valence-corrected chi connectivity index (χ4v) is 1.89. The van der Waals surface area contributed by atoms with Gasteiger partial charge >= 0.3 is 0 Å². The van der Waals surface area contributed by atoms with Crippen LogP contribution in [0, 0.1) is 22.5 Å². The first-order chi connectivity index (χ1) is 8.62. The number of rotatable bonds is 4. The minimum absolute atomic E-state index is 0.0376. The molecule has 0 aromatic heterocycles. The molecule has 1 aromatic carbocycles. The first-order valence-electron chi connectivity index (χ1n) is 5.99. The lowest BCUT2D eigenvalue weighted by Crippen LogP contribution is -2.33. The van der Waals surface area contributed by atoms with E-state index in [1.807, 2.05) is 20.8 Å². The molecule has 0 fully saturated rings. The summed E-state index contributed by atoms with van der Waals surface area (Å²) < 4.78 is 0. The number of non-ortho nitro benzene ring substituents is 1. The lowest BCUT2D eigenvalue weighted by molar-refractivity contribution is -0.384. The molecule has 1 rings (SSSR count). The van der Waals surface area contributed by atoms with Crippen LogP contribution in [0.2, 0.25) is 5.02 Å². The van der Waals surface area contributed by atoms with Crippen LogP contribution >= 0.6 is 11.6 Å². The summed E-state index contributed by atoms with van der Waals surface area (Å²) in [5, 5.41) is 24.0. The molecular weight excluding hydrogens is 268 g/mol. The highest BCUT2D eigenvalue weighted by Crippen LogP contribution is 2.31. The topological polar surface area (TPSA) is 75.4 Å². The van der Waals surface area contributed by atoms with Gasteiger partial charge in [-0.25, -0.2) is 0 Å². The monoisotopic (exact) mass is 286 g/mol. The number of aliphatic hydroxyl groups is 1. The molecule has 19 heavy (non-hydrogen) atoms. The quantitative estimate of drug-likeness (QED) is 0.657. The highest BCUT2D eigenvalue weighted by atomic mass is 35.5. The summed E-state index contributed by atoms with van der Waals surface area (Å²) in [6.45, 7) is 7.88. The van der Waals surface area contributed by atoms with Gasteiger partial charge in [-0.3, -0.25) is 10.1 Å². The molecule has 1 atom stereocenters. The van der Waals surface area contributed by atoms with Crippen molar-refractivity contribution in [2.75, 3.05) is 11.9 Å². The molecule has 1 unspecified atom stereocenters. The Morgan fingerprint density at radius 3 is 2.47 bits per heavy atom. The van der Waals surface area contributed by atoms with Crippen LogP contribution in [0.15, 0.2) is 12.1 Å². The number of nitro benzene ring substituents is 1. The molecule has 5 nitrogen and oxygen atoms in total. The molecular formula is C13H19ClN2O3. The van der Waals surface area contributed by atoms with E-state index in [1.54, 1.807) is 6.92 Å². The molecule has 0 amide bonds. The molecule has 0 aliphatic carbocycles. The van der Waals surface area contributed by atoms with E-state index >= 15 is 0 Å². The van der Waals surface area contributed by atoms with E-state index in [-0.39, 0.29) is 16.1 Å². The van der Waals surface area contributed by atoms with E-state index in [0.29, 0.717) is 17.8 Å². The van der Waals surface area contributed by atoms with E-state index in [2.05, 4.69) is 5.32 Å². The van der Waals surface area contributed by atoms with Gasteiger partial charge in [0.2, 0.25) is 0 Å². The molecule has 6 heteroatoms. The van der Waals surface area contributed by atoms with Crippen molar-refractivity contribution >= 4 is 23.0 Å². The summed E-state index contributed by atoms with van der Waals surface area (Å²) in [6, 6.07) is 2.76. The van der Waals surface area contributed by atoms with Crippen LogP contribution in [-0.4, -0.2) is 22.7 Å². The molecule has 1 aromatic rings. The van der Waals surface area contributed by atoms with Crippen molar-refractivity contribution in [1.29, 1.82) is 0 Å². The minimum Gasteiger partial charge on any atom is -0.391 e. The summed E-state index contributed by atoms with van der Waals surface area (Å²) in [4.78, 5) is 10.2. The Kier molecular flexibility index (Phi) is 4.76. The van der Waals surface area contributed by atoms with Crippen LogP contribution in [-0.2, 0) is 0 Å². The number of anilines is 1. The summed E-state index contributed by atoms with van der Waals surface area (Å²) in [5.41, 5.74) is 1.02. The van der Waals surface area contributed by atoms with Crippen LogP contribution in [0.4, 0.5) is 11.4 Å². The maximum absolute atomic E-state index is 10.7. The molecule has 106 valence electrons. The van der Waals surface area contributed by atoms with Gasteiger partial charge in [-0.2, -0.15) is 0 Å². The van der Waals surface area contributed by atoms with Gasteiger partial charge in [-0.1, -0.05) is 32.4 Å². The predicted octanol–water partition coefficient (Wildman–Crippen LogP) is 3.38. The number of hydrogen-bond donors (Lipinski definition) is 2. The lowest BCUT2D eigenvalue weighted by Gasteiger charge is -2.26. The van der Waals surface area contributed by atoms with Crippen LogP contribution in [0.3, 0.4) is 0 Å². The first kappa shape index (κ1) is 15.7. The van der Waals surface area contributed by atoms with Gasteiger partial charge in [-0.05, 0) is 17.9 Å². The maximum atomic E-state index is 10.7. The Hall–Kier alpha value is -1.33. The second kappa shape index (κ2) is 5.75. The molecule has 0 aliphatic rings. The molecule has 0 aliphatic heterocycles. The molecule has 0 bridgehead atoms. The maximum Gasteiger partial charge on any atom is 0.271 e. The standard InChI is InChI=1S/C13H19ClN2O3/c1-8-5-9(16(18)19)6-10(14)12(8)15-7-11(17)13(2,3)4/h5-6,11,15,17H,7H2,1-4H3. The molecule has 0 spiro atoms. The number of benzene rings is 1. The smallest absolute Gasteiger partial charge is 0.271 e. The molecule has 2 N–H and O–H groups in total. The number of aryl methyl sites for hydroxylation is 1. The number of halogens is 1. The van der Waals surface area contributed by atoms with E-state index in [0.717, 1.165) is 0 Å². The molecule has 0 heterocycles. The zero-order valence-electron chi connectivity index (χ0n) is 11.5. The van der Waals surface area contributed by atoms with Crippen LogP contribution in [0.1, 0.15) is 26.3 Å². The second-order valence-electron chi connectivity index (χ2n) is 5.64. The highest BCUT2D eigenvalue weighted by Gasteiger charge is 2.22. The van der Waals surface area contributed by atoms with E-state index in [9.17, 15) is 15.2 Å². The number of nitro groups is 1. The third-order valence-corrected chi connectivity index (χ3v) is 3.25. The molecule has 0 saturated carbocycles. The van der Waals surface area contributed by atoms with Crippen LogP contribution in [0.5, 0.6) is 0 Å². The summed E-state index contributed by atoms with van der Waals surface area (Å²) in [5.74, 6) is 0. The van der Waals surface area contributed by atoms with Gasteiger partial charge in [-0.15, -0.1) is 0 Å². The van der Waals surface area contributed by atoms with Gasteiger partial charge in [0, 0.05) is 18.7 Å². The van der Waals surface area contributed by atoms with Crippen molar-refractivity contribution in [3.8, 4) is 0 Å². The van der Waals surface area contributed by atoms with Crippen molar-refractivity contribution in [3.05, 3.63) is 32.8 Å². The highest BCUT2D eigenvalue weighted by molar-refractivity contribution is 6.33. The van der Waals surface area contributed by atoms with Gasteiger partial charge in [0.05, 0.1) is 21.7 Å². The Bertz CT molecular complexity index is 460. The number of nitrogens with zero attached hydrogens (tertiary/aromatic N) is 1. The SMILES string of the molecule is Cc1cc([N+](=O)[O-])cc(Cl)c1NCC(O)C(C)(C)C. The summed E-state index contributed by atoms with van der Waals surface area (Å²) in [7, 11) is 0. The number of aliphatic hydroxyl groups excluding tert-OH is 1. The predicted molar refractivity (Wildman–Crippen MR) is 76.8 cm³/mol. The fourth-order valence-electron chi connectivity index (χ4n) is 1.56. The Labute approximate surface area is 117 Å². The van der Waals surface area contributed by atoms with E-state index in [4.69, 9.17) is 11.6 Å². The summed E-state index contributed by atoms with van der Waals surface area (Å²) >= 11 is 6.03. The lowest BCUT2D eigenvalue weighted by atomic mass is 9.89.